The lowest BCUT2D eigenvalue weighted by molar-refractivity contribution is 0.631. The highest BCUT2D eigenvalue weighted by molar-refractivity contribution is 7.99. The first-order chi connectivity index (χ1) is 5.84. The van der Waals surface area contributed by atoms with Gasteiger partial charge in [-0.15, -0.1) is 11.6 Å². The van der Waals surface area contributed by atoms with E-state index in [2.05, 4.69) is 6.92 Å². The fourth-order valence-corrected chi connectivity index (χ4v) is 2.48. The number of halogens is 1. The normalized spacial score (nSPS) is 19.5. The standard InChI is InChI=1S/C10H19ClS/c1-2-12-8-4-3-5-10(11)9-6-7-9/h9-10H,2-8H2,1H3. The molecule has 0 aliphatic heterocycles. The highest BCUT2D eigenvalue weighted by atomic mass is 35.5. The van der Waals surface area contributed by atoms with Gasteiger partial charge in [-0.3, -0.25) is 0 Å². The number of hydrogen-bond donors (Lipinski definition) is 0. The highest BCUT2D eigenvalue weighted by Crippen LogP contribution is 2.37. The van der Waals surface area contributed by atoms with Crippen molar-refractivity contribution in [3.8, 4) is 0 Å². The summed E-state index contributed by atoms with van der Waals surface area (Å²) in [6, 6.07) is 0. The molecule has 12 heavy (non-hydrogen) atoms. The van der Waals surface area contributed by atoms with Gasteiger partial charge in [-0.25, -0.2) is 0 Å². The Kier molecular flexibility index (Phi) is 5.49. The number of thioether (sulfide) groups is 1. The average Bonchev–Trinajstić information content (AvgIpc) is 2.86. The largest absolute Gasteiger partial charge is 0.162 e. The summed E-state index contributed by atoms with van der Waals surface area (Å²) in [5, 5.41) is 0.497. The van der Waals surface area contributed by atoms with Gasteiger partial charge in [-0.2, -0.15) is 11.8 Å². The minimum absolute atomic E-state index is 0.497. The van der Waals surface area contributed by atoms with Crippen LogP contribution >= 0.6 is 23.4 Å². The lowest BCUT2D eigenvalue weighted by atomic mass is 10.1. The number of unbranched alkanes of at least 4 members (excludes halogenated alkanes) is 1. The fraction of sp³-hybridized carbons (Fsp3) is 1.00. The van der Waals surface area contributed by atoms with Crippen molar-refractivity contribution < 1.29 is 0 Å². The van der Waals surface area contributed by atoms with E-state index in [4.69, 9.17) is 11.6 Å². The molecule has 1 rings (SSSR count). The third-order valence-corrected chi connectivity index (χ3v) is 3.92. The van der Waals surface area contributed by atoms with Crippen LogP contribution in [0.15, 0.2) is 0 Å². The maximum atomic E-state index is 6.18. The number of rotatable bonds is 7. The fourth-order valence-electron chi connectivity index (χ4n) is 1.38. The summed E-state index contributed by atoms with van der Waals surface area (Å²) in [5.74, 6) is 3.46. The minimum atomic E-state index is 0.497. The van der Waals surface area contributed by atoms with Crippen LogP contribution in [-0.4, -0.2) is 16.9 Å². The van der Waals surface area contributed by atoms with Gasteiger partial charge in [-0.05, 0) is 43.1 Å². The van der Waals surface area contributed by atoms with Crippen LogP contribution in [0.25, 0.3) is 0 Å². The van der Waals surface area contributed by atoms with E-state index in [1.54, 1.807) is 0 Å². The maximum Gasteiger partial charge on any atom is 0.0364 e. The van der Waals surface area contributed by atoms with Crippen molar-refractivity contribution in [2.45, 2.75) is 44.4 Å². The van der Waals surface area contributed by atoms with Crippen molar-refractivity contribution in [2.24, 2.45) is 5.92 Å². The summed E-state index contributed by atoms with van der Waals surface area (Å²) in [6.45, 7) is 2.22. The average molecular weight is 207 g/mol. The predicted octanol–water partition coefficient (Wildman–Crippen LogP) is 3.93. The Morgan fingerprint density at radius 3 is 2.75 bits per heavy atom. The highest BCUT2D eigenvalue weighted by Gasteiger charge is 2.28. The second-order valence-corrected chi connectivity index (χ2v) is 5.50. The van der Waals surface area contributed by atoms with E-state index in [9.17, 15) is 0 Å². The first kappa shape index (κ1) is 10.7. The van der Waals surface area contributed by atoms with E-state index in [0.717, 1.165) is 5.92 Å². The molecule has 0 N–H and O–H groups in total. The van der Waals surface area contributed by atoms with E-state index >= 15 is 0 Å². The van der Waals surface area contributed by atoms with Crippen LogP contribution < -0.4 is 0 Å². The molecule has 72 valence electrons. The van der Waals surface area contributed by atoms with Crippen molar-refractivity contribution in [1.29, 1.82) is 0 Å². The van der Waals surface area contributed by atoms with Crippen LogP contribution in [0.4, 0.5) is 0 Å². The quantitative estimate of drug-likeness (QED) is 0.450. The van der Waals surface area contributed by atoms with Crippen LogP contribution in [0.1, 0.15) is 39.0 Å². The SMILES string of the molecule is CCSCCCCC(Cl)C1CC1. The first-order valence-electron chi connectivity index (χ1n) is 5.06. The van der Waals surface area contributed by atoms with Crippen molar-refractivity contribution in [2.75, 3.05) is 11.5 Å². The Morgan fingerprint density at radius 2 is 2.17 bits per heavy atom. The molecular weight excluding hydrogens is 188 g/mol. The molecule has 0 amide bonds. The van der Waals surface area contributed by atoms with Crippen LogP contribution in [0.3, 0.4) is 0 Å². The van der Waals surface area contributed by atoms with Crippen LogP contribution in [-0.2, 0) is 0 Å². The lowest BCUT2D eigenvalue weighted by Gasteiger charge is -2.06. The Labute approximate surface area is 85.4 Å². The Morgan fingerprint density at radius 1 is 1.42 bits per heavy atom. The zero-order chi connectivity index (χ0) is 8.81. The Bertz CT molecular complexity index is 112. The second kappa shape index (κ2) is 6.15. The second-order valence-electron chi connectivity index (χ2n) is 3.55. The monoisotopic (exact) mass is 206 g/mol. The van der Waals surface area contributed by atoms with Gasteiger partial charge in [0.2, 0.25) is 0 Å². The first-order valence-corrected chi connectivity index (χ1v) is 6.65. The molecule has 0 aromatic heterocycles. The third kappa shape index (κ3) is 4.61. The predicted molar refractivity (Wildman–Crippen MR) is 59.2 cm³/mol. The molecule has 1 aliphatic carbocycles. The molecule has 0 aromatic rings. The molecule has 0 saturated heterocycles. The Balaban J connectivity index is 1.81. The van der Waals surface area contributed by atoms with E-state index in [-0.39, 0.29) is 0 Å². The van der Waals surface area contributed by atoms with Gasteiger partial charge in [-0.1, -0.05) is 13.3 Å². The van der Waals surface area contributed by atoms with Gasteiger partial charge in [0.25, 0.3) is 0 Å². The van der Waals surface area contributed by atoms with E-state index < -0.39 is 0 Å². The summed E-state index contributed by atoms with van der Waals surface area (Å²) in [4.78, 5) is 0. The van der Waals surface area contributed by atoms with Gasteiger partial charge >= 0.3 is 0 Å². The van der Waals surface area contributed by atoms with Crippen LogP contribution in [0.2, 0.25) is 0 Å². The van der Waals surface area contributed by atoms with Crippen LogP contribution in [0, 0.1) is 5.92 Å². The number of hydrogen-bond acceptors (Lipinski definition) is 1. The van der Waals surface area contributed by atoms with Gasteiger partial charge in [0, 0.05) is 5.38 Å². The van der Waals surface area contributed by atoms with E-state index in [0.29, 0.717) is 5.38 Å². The summed E-state index contributed by atoms with van der Waals surface area (Å²) < 4.78 is 0. The van der Waals surface area contributed by atoms with Crippen molar-refractivity contribution in [3.05, 3.63) is 0 Å². The van der Waals surface area contributed by atoms with Gasteiger partial charge in [0.1, 0.15) is 0 Å². The zero-order valence-corrected chi connectivity index (χ0v) is 9.46. The topological polar surface area (TPSA) is 0 Å². The smallest absolute Gasteiger partial charge is 0.0364 e. The molecule has 1 unspecified atom stereocenters. The van der Waals surface area contributed by atoms with Crippen molar-refractivity contribution in [1.82, 2.24) is 0 Å². The molecule has 1 saturated carbocycles. The zero-order valence-electron chi connectivity index (χ0n) is 7.89. The lowest BCUT2D eigenvalue weighted by Crippen LogP contribution is -2.00. The maximum absolute atomic E-state index is 6.18. The molecule has 0 bridgehead atoms. The van der Waals surface area contributed by atoms with Gasteiger partial charge in [0.05, 0.1) is 0 Å². The molecule has 0 nitrogen and oxygen atoms in total. The Hall–Kier alpha value is 0.640. The molecular formula is C10H19ClS. The van der Waals surface area contributed by atoms with Gasteiger partial charge < -0.3 is 0 Å². The molecule has 0 heterocycles. The molecule has 1 fully saturated rings. The summed E-state index contributed by atoms with van der Waals surface area (Å²) in [5.41, 5.74) is 0. The molecule has 0 aromatic carbocycles. The molecule has 1 aliphatic rings. The summed E-state index contributed by atoms with van der Waals surface area (Å²) >= 11 is 8.22. The third-order valence-electron chi connectivity index (χ3n) is 2.36. The molecule has 0 spiro atoms. The molecule has 1 atom stereocenters. The van der Waals surface area contributed by atoms with E-state index in [1.807, 2.05) is 11.8 Å². The van der Waals surface area contributed by atoms with Crippen molar-refractivity contribution >= 4 is 23.4 Å². The molecule has 0 radical (unpaired) electrons. The van der Waals surface area contributed by atoms with Crippen LogP contribution in [0.5, 0.6) is 0 Å². The number of alkyl halides is 1. The summed E-state index contributed by atoms with van der Waals surface area (Å²) in [6.07, 6.45) is 6.71. The minimum Gasteiger partial charge on any atom is -0.162 e. The van der Waals surface area contributed by atoms with Crippen molar-refractivity contribution in [3.63, 3.8) is 0 Å². The summed E-state index contributed by atoms with van der Waals surface area (Å²) in [7, 11) is 0. The molecule has 2 heteroatoms. The van der Waals surface area contributed by atoms with E-state index in [1.165, 1.54) is 43.6 Å². The van der Waals surface area contributed by atoms with Gasteiger partial charge in [0.15, 0.2) is 0 Å².